The summed E-state index contributed by atoms with van der Waals surface area (Å²) < 4.78 is 5.29. The van der Waals surface area contributed by atoms with Crippen molar-refractivity contribution in [2.24, 2.45) is 0 Å². The molecule has 0 radical (unpaired) electrons. The van der Waals surface area contributed by atoms with E-state index in [0.717, 1.165) is 22.4 Å². The molecule has 3 rings (SSSR count). The number of ether oxygens (including phenoxy) is 1. The van der Waals surface area contributed by atoms with E-state index < -0.39 is 0 Å². The van der Waals surface area contributed by atoms with Gasteiger partial charge in [0.1, 0.15) is 17.1 Å². The van der Waals surface area contributed by atoms with E-state index in [1.54, 1.807) is 25.3 Å². The van der Waals surface area contributed by atoms with Crippen LogP contribution in [0.5, 0.6) is 5.75 Å². The van der Waals surface area contributed by atoms with Crippen molar-refractivity contribution in [2.45, 2.75) is 20.4 Å². The van der Waals surface area contributed by atoms with Crippen LogP contribution in [0.3, 0.4) is 0 Å². The van der Waals surface area contributed by atoms with Crippen molar-refractivity contribution in [3.05, 3.63) is 88.7 Å². The molecule has 2 aromatic carbocycles. The summed E-state index contributed by atoms with van der Waals surface area (Å²) in [6.07, 6.45) is 0. The van der Waals surface area contributed by atoms with Gasteiger partial charge in [0.05, 0.1) is 7.11 Å². The minimum Gasteiger partial charge on any atom is -0.496 e. The van der Waals surface area contributed by atoms with Gasteiger partial charge in [-0.1, -0.05) is 36.4 Å². The highest BCUT2D eigenvalue weighted by Gasteiger charge is 2.14. The number of hydrogen-bond donors (Lipinski definition) is 2. The van der Waals surface area contributed by atoms with Gasteiger partial charge in [0.25, 0.3) is 11.8 Å². The lowest BCUT2D eigenvalue weighted by Crippen LogP contribution is -2.25. The average Bonchev–Trinajstić information content (AvgIpc) is 2.74. The van der Waals surface area contributed by atoms with Crippen LogP contribution in [0, 0.1) is 13.8 Å². The molecular formula is C23H23N3O3. The fourth-order valence-corrected chi connectivity index (χ4v) is 2.86. The van der Waals surface area contributed by atoms with Crippen LogP contribution in [0.15, 0.2) is 60.7 Å². The Morgan fingerprint density at radius 2 is 1.66 bits per heavy atom. The maximum atomic E-state index is 12.6. The molecule has 0 unspecified atom stereocenters. The molecule has 0 aliphatic heterocycles. The molecule has 0 fully saturated rings. The number of aryl methyl sites for hydroxylation is 2. The second-order valence-corrected chi connectivity index (χ2v) is 6.68. The number of nitrogens with zero attached hydrogens (tertiary/aromatic N) is 1. The Morgan fingerprint density at radius 1 is 0.931 bits per heavy atom. The maximum absolute atomic E-state index is 12.6. The zero-order chi connectivity index (χ0) is 20.8. The van der Waals surface area contributed by atoms with Gasteiger partial charge < -0.3 is 15.4 Å². The van der Waals surface area contributed by atoms with Crippen molar-refractivity contribution < 1.29 is 14.3 Å². The molecule has 29 heavy (non-hydrogen) atoms. The first-order chi connectivity index (χ1) is 14.0. The molecule has 0 saturated heterocycles. The van der Waals surface area contributed by atoms with E-state index in [0.29, 0.717) is 12.3 Å². The number of aromatic nitrogens is 1. The van der Waals surface area contributed by atoms with Gasteiger partial charge >= 0.3 is 0 Å². The SMILES string of the molecule is COc1ccccc1CNC(=O)c1cccc(C(=O)Nc2cc(C)ccc2C)n1. The summed E-state index contributed by atoms with van der Waals surface area (Å²) >= 11 is 0. The van der Waals surface area contributed by atoms with E-state index in [4.69, 9.17) is 4.74 Å². The second kappa shape index (κ2) is 9.01. The summed E-state index contributed by atoms with van der Waals surface area (Å²) in [5, 5.41) is 5.67. The second-order valence-electron chi connectivity index (χ2n) is 6.68. The Labute approximate surface area is 169 Å². The van der Waals surface area contributed by atoms with Gasteiger partial charge in [-0.3, -0.25) is 9.59 Å². The van der Waals surface area contributed by atoms with Gasteiger partial charge in [-0.25, -0.2) is 4.98 Å². The fourth-order valence-electron chi connectivity index (χ4n) is 2.86. The number of anilines is 1. The van der Waals surface area contributed by atoms with E-state index in [1.165, 1.54) is 0 Å². The van der Waals surface area contributed by atoms with Crippen LogP contribution in [-0.2, 0) is 6.54 Å². The molecule has 3 aromatic rings. The Morgan fingerprint density at radius 3 is 2.41 bits per heavy atom. The monoisotopic (exact) mass is 389 g/mol. The molecule has 0 atom stereocenters. The van der Waals surface area contributed by atoms with Crippen molar-refractivity contribution in [3.63, 3.8) is 0 Å². The summed E-state index contributed by atoms with van der Waals surface area (Å²) in [5.74, 6) is -0.0298. The minimum absolute atomic E-state index is 0.175. The number of methoxy groups -OCH3 is 1. The van der Waals surface area contributed by atoms with Gasteiger partial charge in [0.15, 0.2) is 0 Å². The van der Waals surface area contributed by atoms with E-state index in [1.807, 2.05) is 56.3 Å². The first-order valence-electron chi connectivity index (χ1n) is 9.23. The molecule has 0 spiro atoms. The van der Waals surface area contributed by atoms with E-state index in [9.17, 15) is 9.59 Å². The van der Waals surface area contributed by atoms with Crippen molar-refractivity contribution in [2.75, 3.05) is 12.4 Å². The van der Waals surface area contributed by atoms with Crippen LogP contribution in [0.1, 0.15) is 37.7 Å². The molecule has 0 aliphatic carbocycles. The third-order valence-corrected chi connectivity index (χ3v) is 4.49. The number of para-hydroxylation sites is 1. The van der Waals surface area contributed by atoms with Crippen molar-refractivity contribution in [3.8, 4) is 5.75 Å². The standard InChI is InChI=1S/C23H23N3O3/c1-15-11-12-16(2)20(13-15)26-23(28)19-9-6-8-18(25-19)22(27)24-14-17-7-4-5-10-21(17)29-3/h4-13H,14H2,1-3H3,(H,24,27)(H,26,28). The smallest absolute Gasteiger partial charge is 0.274 e. The summed E-state index contributed by atoms with van der Waals surface area (Å²) in [6.45, 7) is 4.17. The van der Waals surface area contributed by atoms with Crippen LogP contribution in [0.2, 0.25) is 0 Å². The molecule has 6 heteroatoms. The van der Waals surface area contributed by atoms with Crippen molar-refractivity contribution >= 4 is 17.5 Å². The molecular weight excluding hydrogens is 366 g/mol. The Kier molecular flexibility index (Phi) is 6.24. The van der Waals surface area contributed by atoms with Gasteiger partial charge in [-0.15, -0.1) is 0 Å². The Bertz CT molecular complexity index is 1050. The van der Waals surface area contributed by atoms with Crippen LogP contribution in [0.25, 0.3) is 0 Å². The van der Waals surface area contributed by atoms with Crippen LogP contribution >= 0.6 is 0 Å². The number of rotatable bonds is 6. The van der Waals surface area contributed by atoms with Crippen LogP contribution in [-0.4, -0.2) is 23.9 Å². The molecule has 0 bridgehead atoms. The highest BCUT2D eigenvalue weighted by Crippen LogP contribution is 2.18. The fraction of sp³-hybridized carbons (Fsp3) is 0.174. The third kappa shape index (κ3) is 4.99. The quantitative estimate of drug-likeness (QED) is 0.670. The van der Waals surface area contributed by atoms with Crippen molar-refractivity contribution in [1.82, 2.24) is 10.3 Å². The lowest BCUT2D eigenvalue weighted by atomic mass is 10.1. The molecule has 6 nitrogen and oxygen atoms in total. The summed E-state index contributed by atoms with van der Waals surface area (Å²) in [6, 6.07) is 18.1. The molecule has 1 heterocycles. The van der Waals surface area contributed by atoms with E-state index in [-0.39, 0.29) is 23.2 Å². The van der Waals surface area contributed by atoms with Gasteiger partial charge in [0.2, 0.25) is 0 Å². The normalized spacial score (nSPS) is 10.3. The Hall–Kier alpha value is -3.67. The van der Waals surface area contributed by atoms with Gasteiger partial charge in [-0.05, 0) is 49.2 Å². The molecule has 0 saturated carbocycles. The number of benzene rings is 2. The molecule has 148 valence electrons. The highest BCUT2D eigenvalue weighted by atomic mass is 16.5. The first kappa shape index (κ1) is 20.1. The van der Waals surface area contributed by atoms with Crippen molar-refractivity contribution in [1.29, 1.82) is 0 Å². The van der Waals surface area contributed by atoms with Crippen LogP contribution in [0.4, 0.5) is 5.69 Å². The van der Waals surface area contributed by atoms with Gasteiger partial charge in [0, 0.05) is 17.8 Å². The Balaban J connectivity index is 1.70. The number of carbonyl (C=O) groups excluding carboxylic acids is 2. The van der Waals surface area contributed by atoms with Crippen LogP contribution < -0.4 is 15.4 Å². The van der Waals surface area contributed by atoms with E-state index >= 15 is 0 Å². The minimum atomic E-state index is -0.364. The first-order valence-corrected chi connectivity index (χ1v) is 9.23. The maximum Gasteiger partial charge on any atom is 0.274 e. The highest BCUT2D eigenvalue weighted by molar-refractivity contribution is 6.04. The summed E-state index contributed by atoms with van der Waals surface area (Å²) in [5.41, 5.74) is 3.93. The topological polar surface area (TPSA) is 80.3 Å². The summed E-state index contributed by atoms with van der Waals surface area (Å²) in [4.78, 5) is 29.3. The predicted molar refractivity (Wildman–Crippen MR) is 112 cm³/mol. The van der Waals surface area contributed by atoms with Gasteiger partial charge in [-0.2, -0.15) is 0 Å². The number of hydrogen-bond acceptors (Lipinski definition) is 4. The largest absolute Gasteiger partial charge is 0.496 e. The number of amides is 2. The number of nitrogens with one attached hydrogen (secondary N) is 2. The summed E-state index contributed by atoms with van der Waals surface area (Å²) in [7, 11) is 1.58. The molecule has 2 amide bonds. The number of pyridine rings is 1. The molecule has 2 N–H and O–H groups in total. The molecule has 1 aromatic heterocycles. The number of carbonyl (C=O) groups is 2. The third-order valence-electron chi connectivity index (χ3n) is 4.49. The zero-order valence-electron chi connectivity index (χ0n) is 16.7. The molecule has 0 aliphatic rings. The lowest BCUT2D eigenvalue weighted by molar-refractivity contribution is 0.0945. The van der Waals surface area contributed by atoms with E-state index in [2.05, 4.69) is 15.6 Å². The average molecular weight is 389 g/mol. The predicted octanol–water partition coefficient (Wildman–Crippen LogP) is 3.89. The lowest BCUT2D eigenvalue weighted by Gasteiger charge is -2.11. The zero-order valence-corrected chi connectivity index (χ0v) is 16.7.